The molecule has 1 aliphatic rings. The molecule has 19 heavy (non-hydrogen) atoms. The summed E-state index contributed by atoms with van der Waals surface area (Å²) in [4.78, 5) is 0. The molecule has 2 aromatic rings. The van der Waals surface area contributed by atoms with Crippen molar-refractivity contribution < 1.29 is 4.74 Å². The van der Waals surface area contributed by atoms with Crippen LogP contribution in [0.15, 0.2) is 42.5 Å². The van der Waals surface area contributed by atoms with Gasteiger partial charge in [-0.2, -0.15) is 0 Å². The van der Waals surface area contributed by atoms with E-state index in [1.165, 1.54) is 16.7 Å². The second-order valence-corrected chi connectivity index (χ2v) is 5.48. The smallest absolute Gasteiger partial charge is 0.123 e. The van der Waals surface area contributed by atoms with Crippen molar-refractivity contribution >= 4 is 5.69 Å². The summed E-state index contributed by atoms with van der Waals surface area (Å²) in [5.41, 5.74) is 10.6. The molecule has 3 rings (SSSR count). The van der Waals surface area contributed by atoms with Crippen LogP contribution in [0.4, 0.5) is 5.69 Å². The van der Waals surface area contributed by atoms with Gasteiger partial charge in [-0.3, -0.25) is 0 Å². The van der Waals surface area contributed by atoms with Crippen molar-refractivity contribution in [2.75, 3.05) is 12.3 Å². The normalized spacial score (nSPS) is 17.3. The lowest BCUT2D eigenvalue weighted by molar-refractivity contribution is 0.343. The summed E-state index contributed by atoms with van der Waals surface area (Å²) >= 11 is 0. The van der Waals surface area contributed by atoms with Gasteiger partial charge in [-0.05, 0) is 35.2 Å². The summed E-state index contributed by atoms with van der Waals surface area (Å²) < 4.78 is 5.74. The predicted molar refractivity (Wildman–Crippen MR) is 78.7 cm³/mol. The zero-order valence-corrected chi connectivity index (χ0v) is 11.4. The maximum Gasteiger partial charge on any atom is 0.123 e. The molecule has 2 aromatic carbocycles. The van der Waals surface area contributed by atoms with Crippen LogP contribution < -0.4 is 10.5 Å². The Morgan fingerprint density at radius 1 is 1.11 bits per heavy atom. The number of hydrogen-bond donors (Lipinski definition) is 1. The molecule has 0 aromatic heterocycles. The first-order valence-electron chi connectivity index (χ1n) is 6.77. The van der Waals surface area contributed by atoms with E-state index in [0.717, 1.165) is 11.4 Å². The van der Waals surface area contributed by atoms with Gasteiger partial charge in [0.05, 0.1) is 6.61 Å². The van der Waals surface area contributed by atoms with Gasteiger partial charge in [0.1, 0.15) is 5.75 Å². The van der Waals surface area contributed by atoms with Crippen LogP contribution >= 0.6 is 0 Å². The van der Waals surface area contributed by atoms with Gasteiger partial charge in [0, 0.05) is 17.2 Å². The van der Waals surface area contributed by atoms with Crippen LogP contribution in [0, 0.1) is 0 Å². The molecule has 2 N–H and O–H groups in total. The van der Waals surface area contributed by atoms with Crippen molar-refractivity contribution in [3.8, 4) is 5.75 Å². The third kappa shape index (κ3) is 2.19. The molecule has 0 saturated carbocycles. The highest BCUT2D eigenvalue weighted by atomic mass is 16.5. The molecule has 0 radical (unpaired) electrons. The van der Waals surface area contributed by atoms with E-state index in [9.17, 15) is 0 Å². The average Bonchev–Trinajstić information content (AvgIpc) is 2.81. The molecule has 98 valence electrons. The molecule has 1 unspecified atom stereocenters. The maximum atomic E-state index is 5.88. The fourth-order valence-electron chi connectivity index (χ4n) is 2.62. The summed E-state index contributed by atoms with van der Waals surface area (Å²) in [5, 5.41) is 0. The minimum atomic E-state index is 0.305. The van der Waals surface area contributed by atoms with Crippen molar-refractivity contribution in [1.29, 1.82) is 0 Å². The van der Waals surface area contributed by atoms with Gasteiger partial charge in [0.15, 0.2) is 0 Å². The molecule has 0 fully saturated rings. The van der Waals surface area contributed by atoms with Crippen LogP contribution in [0.2, 0.25) is 0 Å². The van der Waals surface area contributed by atoms with Crippen LogP contribution in [-0.2, 0) is 0 Å². The van der Waals surface area contributed by atoms with Gasteiger partial charge in [0.25, 0.3) is 0 Å². The van der Waals surface area contributed by atoms with Crippen LogP contribution in [0.25, 0.3) is 0 Å². The molecule has 0 amide bonds. The lowest BCUT2D eigenvalue weighted by Gasteiger charge is -2.12. The van der Waals surface area contributed by atoms with Gasteiger partial charge in [-0.25, -0.2) is 0 Å². The second kappa shape index (κ2) is 4.61. The molecule has 1 aliphatic heterocycles. The van der Waals surface area contributed by atoms with E-state index in [1.54, 1.807) is 0 Å². The third-order valence-corrected chi connectivity index (χ3v) is 3.82. The summed E-state index contributed by atoms with van der Waals surface area (Å²) in [5.74, 6) is 1.84. The number of rotatable bonds is 2. The lowest BCUT2D eigenvalue weighted by Crippen LogP contribution is -2.03. The highest BCUT2D eigenvalue weighted by Gasteiger charge is 2.25. The number of nitrogen functional groups attached to an aromatic ring is 1. The third-order valence-electron chi connectivity index (χ3n) is 3.82. The Labute approximate surface area is 114 Å². The van der Waals surface area contributed by atoms with E-state index in [1.807, 2.05) is 18.2 Å². The number of ether oxygens (including phenoxy) is 1. The molecule has 1 atom stereocenters. The minimum Gasteiger partial charge on any atom is -0.492 e. The Bertz CT molecular complexity index is 587. The van der Waals surface area contributed by atoms with Crippen molar-refractivity contribution in [1.82, 2.24) is 0 Å². The Balaban J connectivity index is 1.95. The Kier molecular flexibility index (Phi) is 2.94. The van der Waals surface area contributed by atoms with Gasteiger partial charge < -0.3 is 10.5 Å². The highest BCUT2D eigenvalue weighted by Crippen LogP contribution is 2.39. The molecule has 0 aliphatic carbocycles. The first-order valence-corrected chi connectivity index (χ1v) is 6.77. The Morgan fingerprint density at radius 2 is 1.84 bits per heavy atom. The van der Waals surface area contributed by atoms with Crippen LogP contribution in [0.5, 0.6) is 5.75 Å². The molecule has 0 saturated heterocycles. The van der Waals surface area contributed by atoms with Gasteiger partial charge in [-0.1, -0.05) is 38.1 Å². The van der Waals surface area contributed by atoms with Gasteiger partial charge >= 0.3 is 0 Å². The predicted octanol–water partition coefficient (Wildman–Crippen LogP) is 3.92. The number of hydrogen-bond acceptors (Lipinski definition) is 2. The van der Waals surface area contributed by atoms with E-state index in [0.29, 0.717) is 18.4 Å². The minimum absolute atomic E-state index is 0.305. The molecular formula is C17H19NO. The van der Waals surface area contributed by atoms with Gasteiger partial charge in [0.2, 0.25) is 0 Å². The van der Waals surface area contributed by atoms with E-state index in [2.05, 4.69) is 38.1 Å². The lowest BCUT2D eigenvalue weighted by atomic mass is 9.91. The molecule has 2 heteroatoms. The van der Waals surface area contributed by atoms with E-state index >= 15 is 0 Å². The molecule has 0 bridgehead atoms. The zero-order chi connectivity index (χ0) is 13.4. The molecule has 1 heterocycles. The maximum absolute atomic E-state index is 5.88. The van der Waals surface area contributed by atoms with E-state index < -0.39 is 0 Å². The van der Waals surface area contributed by atoms with Crippen LogP contribution in [0.1, 0.15) is 42.4 Å². The van der Waals surface area contributed by atoms with Crippen LogP contribution in [-0.4, -0.2) is 6.61 Å². The van der Waals surface area contributed by atoms with Crippen LogP contribution in [0.3, 0.4) is 0 Å². The number of anilines is 1. The highest BCUT2D eigenvalue weighted by molar-refractivity contribution is 5.54. The Morgan fingerprint density at radius 3 is 2.53 bits per heavy atom. The quantitative estimate of drug-likeness (QED) is 0.823. The molecular weight excluding hydrogens is 234 g/mol. The number of benzene rings is 2. The monoisotopic (exact) mass is 253 g/mol. The average molecular weight is 253 g/mol. The summed E-state index contributed by atoms with van der Waals surface area (Å²) in [7, 11) is 0. The zero-order valence-electron chi connectivity index (χ0n) is 11.4. The molecule has 0 spiro atoms. The Hall–Kier alpha value is -1.96. The summed E-state index contributed by atoms with van der Waals surface area (Å²) in [6.07, 6.45) is 0. The summed E-state index contributed by atoms with van der Waals surface area (Å²) in [6, 6.07) is 14.7. The first kappa shape index (κ1) is 12.1. The number of nitrogens with two attached hydrogens (primary N) is 1. The van der Waals surface area contributed by atoms with Crippen molar-refractivity contribution in [3.05, 3.63) is 59.2 Å². The fraction of sp³-hybridized carbons (Fsp3) is 0.294. The standard InChI is InChI=1S/C17H19NO/c1-11(2)12-3-5-13(6-4-12)16-10-19-17-8-7-14(18)9-15(16)17/h3-9,11,16H,10,18H2,1-2H3. The van der Waals surface area contributed by atoms with Crippen molar-refractivity contribution in [2.45, 2.75) is 25.7 Å². The van der Waals surface area contributed by atoms with Crippen molar-refractivity contribution in [2.24, 2.45) is 0 Å². The van der Waals surface area contributed by atoms with E-state index in [-0.39, 0.29) is 0 Å². The fourth-order valence-corrected chi connectivity index (χ4v) is 2.62. The SMILES string of the molecule is CC(C)c1ccc(C2COc3ccc(N)cc32)cc1. The number of fused-ring (bicyclic) bond motifs is 1. The van der Waals surface area contributed by atoms with Crippen molar-refractivity contribution in [3.63, 3.8) is 0 Å². The second-order valence-electron chi connectivity index (χ2n) is 5.48. The van der Waals surface area contributed by atoms with Gasteiger partial charge in [-0.15, -0.1) is 0 Å². The van der Waals surface area contributed by atoms with E-state index in [4.69, 9.17) is 10.5 Å². The molecule has 2 nitrogen and oxygen atoms in total. The summed E-state index contributed by atoms with van der Waals surface area (Å²) in [6.45, 7) is 5.13. The first-order chi connectivity index (χ1) is 9.15. The largest absolute Gasteiger partial charge is 0.492 e. The topological polar surface area (TPSA) is 35.2 Å².